The van der Waals surface area contributed by atoms with Gasteiger partial charge in [-0.1, -0.05) is 0 Å². The fourth-order valence-corrected chi connectivity index (χ4v) is 0.983. The maximum absolute atomic E-state index is 11.0. The molecule has 1 aromatic carbocycles. The number of carbonyl (C=O) groups excluding carboxylic acids is 1. The second-order valence-corrected chi connectivity index (χ2v) is 2.64. The highest BCUT2D eigenvalue weighted by Crippen LogP contribution is 2.18. The second-order valence-electron chi connectivity index (χ2n) is 2.64. The zero-order valence-electron chi connectivity index (χ0n) is 10.0. The van der Waals surface area contributed by atoms with Crippen LogP contribution in [-0.2, 0) is 0 Å². The molecule has 0 atom stereocenters. The van der Waals surface area contributed by atoms with E-state index in [1.54, 1.807) is 19.1 Å². The van der Waals surface area contributed by atoms with E-state index in [9.17, 15) is 4.79 Å². The fourth-order valence-electron chi connectivity index (χ4n) is 0.983. The lowest BCUT2D eigenvalue weighted by molar-refractivity contribution is 0.101. The number of carbonyl (C=O) groups is 1. The van der Waals surface area contributed by atoms with Gasteiger partial charge in [-0.25, -0.2) is 0 Å². The number of benzene rings is 1. The van der Waals surface area contributed by atoms with E-state index < -0.39 is 7.04 Å². The number of ether oxygens (including phenoxy) is 1. The third kappa shape index (κ3) is 1.64. The lowest BCUT2D eigenvalue weighted by Crippen LogP contribution is -1.94. The van der Waals surface area contributed by atoms with Crippen molar-refractivity contribution in [2.45, 2.75) is 13.8 Å². The minimum absolute atomic E-state index is 0.0569. The summed E-state index contributed by atoms with van der Waals surface area (Å²) in [5.74, 6) is 0.221. The number of hydrogen-bond donors (Lipinski definition) is 0. The Labute approximate surface area is 76.4 Å². The van der Waals surface area contributed by atoms with Gasteiger partial charge in [0.15, 0.2) is 5.78 Å². The molecule has 2 heteroatoms. The van der Waals surface area contributed by atoms with E-state index in [0.717, 1.165) is 0 Å². The summed E-state index contributed by atoms with van der Waals surface area (Å²) in [7, 11) is -2.46. The Bertz CT molecular complexity index is 383. The molecule has 0 heterocycles. The first-order chi connectivity index (χ1) is 6.79. The van der Waals surface area contributed by atoms with Crippen LogP contribution in [-0.4, -0.2) is 12.8 Å². The van der Waals surface area contributed by atoms with Crippen LogP contribution in [0.25, 0.3) is 0 Å². The van der Waals surface area contributed by atoms with Gasteiger partial charge in [0.1, 0.15) is 5.75 Å². The first-order valence-corrected chi connectivity index (χ1v) is 3.60. The topological polar surface area (TPSA) is 26.3 Å². The number of ketones is 1. The van der Waals surface area contributed by atoms with Crippen molar-refractivity contribution in [3.63, 3.8) is 0 Å². The Balaban J connectivity index is 2.99. The first-order valence-electron chi connectivity index (χ1n) is 5.10. The molecule has 0 radical (unpaired) electrons. The number of methoxy groups -OCH3 is 1. The van der Waals surface area contributed by atoms with Crippen LogP contribution in [0.15, 0.2) is 18.2 Å². The molecule has 1 rings (SSSR count). The Morgan fingerprint density at radius 3 is 2.83 bits per heavy atom. The summed E-state index contributed by atoms with van der Waals surface area (Å²) >= 11 is 0. The number of aryl methyl sites for hydroxylation is 1. The molecule has 0 fully saturated rings. The SMILES string of the molecule is [2H]C([2H])([2H])Oc1ccc(C(C)=O)cc1C. The van der Waals surface area contributed by atoms with Gasteiger partial charge in [-0.3, -0.25) is 4.79 Å². The monoisotopic (exact) mass is 167 g/mol. The van der Waals surface area contributed by atoms with Gasteiger partial charge in [-0.15, -0.1) is 0 Å². The molecule has 0 amide bonds. The minimum atomic E-state index is -2.46. The van der Waals surface area contributed by atoms with Crippen molar-refractivity contribution in [1.29, 1.82) is 0 Å². The molecule has 0 unspecified atom stereocenters. The van der Waals surface area contributed by atoms with Crippen molar-refractivity contribution >= 4 is 5.78 Å². The van der Waals surface area contributed by atoms with E-state index in [1.807, 2.05) is 0 Å². The molecule has 0 saturated heterocycles. The molecule has 12 heavy (non-hydrogen) atoms. The molecule has 1 aromatic rings. The first kappa shape index (κ1) is 5.36. The van der Waals surface area contributed by atoms with E-state index in [-0.39, 0.29) is 11.5 Å². The smallest absolute Gasteiger partial charge is 0.159 e. The largest absolute Gasteiger partial charge is 0.496 e. The van der Waals surface area contributed by atoms with E-state index in [0.29, 0.717) is 11.1 Å². The van der Waals surface area contributed by atoms with E-state index in [1.165, 1.54) is 13.0 Å². The number of rotatable bonds is 2. The average molecular weight is 167 g/mol. The molecule has 0 N–H and O–H groups in total. The van der Waals surface area contributed by atoms with Crippen LogP contribution in [0.4, 0.5) is 0 Å². The Morgan fingerprint density at radius 2 is 2.33 bits per heavy atom. The maximum atomic E-state index is 11.0. The number of hydrogen-bond acceptors (Lipinski definition) is 2. The minimum Gasteiger partial charge on any atom is -0.496 e. The Hall–Kier alpha value is -1.31. The molecule has 64 valence electrons. The van der Waals surface area contributed by atoms with Crippen LogP contribution in [0.2, 0.25) is 0 Å². The molecular weight excluding hydrogens is 152 g/mol. The van der Waals surface area contributed by atoms with Gasteiger partial charge in [0.25, 0.3) is 0 Å². The molecule has 0 spiro atoms. The lowest BCUT2D eigenvalue weighted by Gasteiger charge is -2.04. The summed E-state index contributed by atoms with van der Waals surface area (Å²) in [5, 5.41) is 0. The summed E-state index contributed by atoms with van der Waals surface area (Å²) in [6.45, 7) is 3.16. The predicted octanol–water partition coefficient (Wildman–Crippen LogP) is 2.21. The quantitative estimate of drug-likeness (QED) is 0.631. The van der Waals surface area contributed by atoms with E-state index in [2.05, 4.69) is 0 Å². The molecule has 0 saturated carbocycles. The zero-order chi connectivity index (χ0) is 11.6. The van der Waals surface area contributed by atoms with Crippen LogP contribution in [0.1, 0.15) is 27.0 Å². The van der Waals surface area contributed by atoms with Gasteiger partial charge in [0.2, 0.25) is 0 Å². The van der Waals surface area contributed by atoms with Gasteiger partial charge in [-0.2, -0.15) is 0 Å². The highest BCUT2D eigenvalue weighted by atomic mass is 16.5. The summed E-state index contributed by atoms with van der Waals surface area (Å²) in [6, 6.07) is 4.66. The van der Waals surface area contributed by atoms with Crippen LogP contribution in [0, 0.1) is 6.92 Å². The summed E-state index contributed by atoms with van der Waals surface area (Å²) in [4.78, 5) is 11.0. The van der Waals surface area contributed by atoms with Gasteiger partial charge >= 0.3 is 0 Å². The third-order valence-corrected chi connectivity index (χ3v) is 1.69. The van der Waals surface area contributed by atoms with Crippen molar-refractivity contribution in [1.82, 2.24) is 0 Å². The fraction of sp³-hybridized carbons (Fsp3) is 0.300. The van der Waals surface area contributed by atoms with Crippen molar-refractivity contribution in [2.75, 3.05) is 7.04 Å². The van der Waals surface area contributed by atoms with Gasteiger partial charge < -0.3 is 4.74 Å². The zero-order valence-corrected chi connectivity index (χ0v) is 7.05. The summed E-state index contributed by atoms with van der Waals surface area (Å²) < 4.78 is 25.6. The van der Waals surface area contributed by atoms with Crippen molar-refractivity contribution in [3.05, 3.63) is 29.3 Å². The van der Waals surface area contributed by atoms with E-state index in [4.69, 9.17) is 8.85 Å². The predicted molar refractivity (Wildman–Crippen MR) is 47.7 cm³/mol. The lowest BCUT2D eigenvalue weighted by atomic mass is 10.1. The van der Waals surface area contributed by atoms with Crippen LogP contribution in [0.5, 0.6) is 5.75 Å². The van der Waals surface area contributed by atoms with Crippen molar-refractivity contribution in [3.8, 4) is 5.75 Å². The van der Waals surface area contributed by atoms with Gasteiger partial charge in [-0.05, 0) is 37.6 Å². The van der Waals surface area contributed by atoms with E-state index >= 15 is 0 Å². The molecule has 0 aromatic heterocycles. The van der Waals surface area contributed by atoms with Crippen LogP contribution in [0.3, 0.4) is 0 Å². The Kier molecular flexibility index (Phi) is 1.51. The summed E-state index contributed by atoms with van der Waals surface area (Å²) in [5.41, 5.74) is 1.18. The highest BCUT2D eigenvalue weighted by molar-refractivity contribution is 5.94. The molecular formula is C10H12O2. The number of Topliss-reactive ketones (excluding diaryl/α,β-unsaturated/α-hetero) is 1. The molecule has 0 aliphatic heterocycles. The average Bonchev–Trinajstić information content (AvgIpc) is 2.05. The second kappa shape index (κ2) is 3.39. The molecule has 2 nitrogen and oxygen atoms in total. The van der Waals surface area contributed by atoms with Crippen LogP contribution < -0.4 is 4.74 Å². The molecule has 0 aliphatic rings. The summed E-state index contributed by atoms with van der Waals surface area (Å²) in [6.07, 6.45) is 0. The Morgan fingerprint density at radius 1 is 1.58 bits per heavy atom. The molecule has 0 aliphatic carbocycles. The molecule has 0 bridgehead atoms. The maximum Gasteiger partial charge on any atom is 0.159 e. The third-order valence-electron chi connectivity index (χ3n) is 1.69. The van der Waals surface area contributed by atoms with Gasteiger partial charge in [0, 0.05) is 5.56 Å². The van der Waals surface area contributed by atoms with Crippen molar-refractivity contribution in [2.24, 2.45) is 0 Å². The van der Waals surface area contributed by atoms with Gasteiger partial charge in [0.05, 0.1) is 11.2 Å². The van der Waals surface area contributed by atoms with Crippen molar-refractivity contribution < 1.29 is 13.6 Å². The standard InChI is InChI=1S/C10H12O2/c1-7-6-9(8(2)11)4-5-10(7)12-3/h4-6H,1-3H3/i3D3. The highest BCUT2D eigenvalue weighted by Gasteiger charge is 2.02. The van der Waals surface area contributed by atoms with Crippen LogP contribution >= 0.6 is 0 Å². The normalized spacial score (nSPS) is 14.3.